The van der Waals surface area contributed by atoms with Crippen molar-refractivity contribution in [2.75, 3.05) is 58.5 Å². The van der Waals surface area contributed by atoms with Gasteiger partial charge >= 0.3 is 6.18 Å². The van der Waals surface area contributed by atoms with E-state index in [0.29, 0.717) is 24.3 Å². The fraction of sp³-hybridized carbons (Fsp3) is 0.317. The van der Waals surface area contributed by atoms with Crippen molar-refractivity contribution in [1.29, 1.82) is 0 Å². The number of amides is 2. The molecule has 1 fully saturated rings. The van der Waals surface area contributed by atoms with Gasteiger partial charge in [0.1, 0.15) is 6.04 Å². The Balaban J connectivity index is 1.38. The number of anilines is 1. The zero-order valence-corrected chi connectivity index (χ0v) is 29.7. The van der Waals surface area contributed by atoms with E-state index < -0.39 is 29.5 Å². The van der Waals surface area contributed by atoms with E-state index in [1.807, 2.05) is 54.6 Å². The van der Waals surface area contributed by atoms with Gasteiger partial charge in [-0.1, -0.05) is 60.7 Å². The van der Waals surface area contributed by atoms with Crippen LogP contribution in [0.2, 0.25) is 0 Å². The van der Waals surface area contributed by atoms with Gasteiger partial charge in [0.2, 0.25) is 11.8 Å². The molecule has 53 heavy (non-hydrogen) atoms. The molecular formula is C41H43F4N3O5. The number of alkyl halides is 3. The number of benzene rings is 4. The molecule has 5 rings (SSSR count). The Hall–Kier alpha value is -5.20. The molecule has 1 heterocycles. The molecule has 0 saturated carbocycles. The predicted molar refractivity (Wildman–Crippen MR) is 195 cm³/mol. The largest absolute Gasteiger partial charge is 0.494 e. The lowest BCUT2D eigenvalue weighted by atomic mass is 10.0. The molecule has 1 aliphatic rings. The van der Waals surface area contributed by atoms with Crippen LogP contribution in [0.4, 0.5) is 23.2 Å². The molecule has 4 aromatic rings. The van der Waals surface area contributed by atoms with Gasteiger partial charge in [-0.15, -0.1) is 0 Å². The fourth-order valence-corrected chi connectivity index (χ4v) is 5.94. The standard InChI is InChI=1S/C41H43F4N3O5/c1-46(20-23-53-29-33-12-18-38(51-2)36(42)26-33)40(50)37(27-31-6-4-3-5-7-31)48(28-32-10-16-35(17-11-32)47-21-24-52-25-22-47)39(49)19-13-30-8-14-34(15-9-30)41(43,44)45/h3-19,26,37H,20-25,27-29H2,1-2H3. The number of halogens is 4. The summed E-state index contributed by atoms with van der Waals surface area (Å²) in [6, 6.07) is 25.3. The number of carbonyl (C=O) groups excluding carboxylic acids is 2. The van der Waals surface area contributed by atoms with Crippen LogP contribution in [0.5, 0.6) is 5.75 Å². The summed E-state index contributed by atoms with van der Waals surface area (Å²) in [5.74, 6) is -1.18. The molecule has 0 spiro atoms. The molecule has 1 atom stereocenters. The lowest BCUT2D eigenvalue weighted by molar-refractivity contribution is -0.143. The Bertz CT molecular complexity index is 1810. The lowest BCUT2D eigenvalue weighted by Crippen LogP contribution is -2.51. The average molecular weight is 734 g/mol. The smallest absolute Gasteiger partial charge is 0.416 e. The molecule has 4 aromatic carbocycles. The first kappa shape index (κ1) is 39.0. The third-order valence-electron chi connectivity index (χ3n) is 8.97. The molecule has 8 nitrogen and oxygen atoms in total. The number of hydrogen-bond acceptors (Lipinski definition) is 6. The van der Waals surface area contributed by atoms with Gasteiger partial charge in [-0.3, -0.25) is 9.59 Å². The third-order valence-corrected chi connectivity index (χ3v) is 8.97. The summed E-state index contributed by atoms with van der Waals surface area (Å²) < 4.78 is 69.8. The average Bonchev–Trinajstić information content (AvgIpc) is 3.17. The van der Waals surface area contributed by atoms with Crippen LogP contribution in [0.15, 0.2) is 103 Å². The summed E-state index contributed by atoms with van der Waals surface area (Å²) >= 11 is 0. The van der Waals surface area contributed by atoms with Crippen LogP contribution in [0.1, 0.15) is 27.8 Å². The highest BCUT2D eigenvalue weighted by molar-refractivity contribution is 5.95. The Morgan fingerprint density at radius 1 is 0.906 bits per heavy atom. The highest BCUT2D eigenvalue weighted by Gasteiger charge is 2.32. The zero-order valence-electron chi connectivity index (χ0n) is 29.7. The maximum Gasteiger partial charge on any atom is 0.416 e. The predicted octanol–water partition coefficient (Wildman–Crippen LogP) is 7.02. The Morgan fingerprint density at radius 2 is 1.58 bits per heavy atom. The van der Waals surface area contributed by atoms with E-state index in [-0.39, 0.29) is 44.4 Å². The van der Waals surface area contributed by atoms with Gasteiger partial charge < -0.3 is 28.9 Å². The first-order chi connectivity index (χ1) is 25.5. The minimum absolute atomic E-state index is 0.0934. The SMILES string of the molecule is COc1ccc(COCCN(C)C(=O)C(Cc2ccccc2)N(Cc2ccc(N3CCOCC3)cc2)C(=O)C=Cc2ccc(C(F)(F)F)cc2)cc1F. The Kier molecular flexibility index (Phi) is 13.6. The molecule has 1 saturated heterocycles. The van der Waals surface area contributed by atoms with Crippen LogP contribution in [-0.4, -0.2) is 81.3 Å². The van der Waals surface area contributed by atoms with Crippen LogP contribution >= 0.6 is 0 Å². The molecule has 0 radical (unpaired) electrons. The molecule has 1 aliphatic heterocycles. The van der Waals surface area contributed by atoms with Gasteiger partial charge in [0.15, 0.2) is 11.6 Å². The molecule has 0 bridgehead atoms. The number of methoxy groups -OCH3 is 1. The number of likely N-dealkylation sites (N-methyl/N-ethyl adjacent to an activating group) is 1. The van der Waals surface area contributed by atoms with Gasteiger partial charge in [-0.25, -0.2) is 4.39 Å². The minimum atomic E-state index is -4.48. The Labute approximate surface area is 307 Å². The summed E-state index contributed by atoms with van der Waals surface area (Å²) in [5, 5.41) is 0. The van der Waals surface area contributed by atoms with Crippen molar-refractivity contribution in [2.24, 2.45) is 0 Å². The van der Waals surface area contributed by atoms with E-state index in [4.69, 9.17) is 14.2 Å². The number of ether oxygens (including phenoxy) is 3. The molecule has 1 unspecified atom stereocenters. The van der Waals surface area contributed by atoms with Crippen molar-refractivity contribution in [3.05, 3.63) is 137 Å². The summed E-state index contributed by atoms with van der Waals surface area (Å²) in [7, 11) is 3.02. The highest BCUT2D eigenvalue weighted by atomic mass is 19.4. The van der Waals surface area contributed by atoms with Gasteiger partial charge in [0, 0.05) is 51.4 Å². The molecule has 0 aromatic heterocycles. The number of carbonyl (C=O) groups is 2. The molecule has 0 aliphatic carbocycles. The summed E-state index contributed by atoms with van der Waals surface area (Å²) in [4.78, 5) is 33.6. The van der Waals surface area contributed by atoms with Crippen molar-refractivity contribution >= 4 is 23.6 Å². The monoisotopic (exact) mass is 733 g/mol. The van der Waals surface area contributed by atoms with E-state index in [1.54, 1.807) is 13.1 Å². The van der Waals surface area contributed by atoms with Crippen molar-refractivity contribution < 1.29 is 41.4 Å². The first-order valence-corrected chi connectivity index (χ1v) is 17.3. The lowest BCUT2D eigenvalue weighted by Gasteiger charge is -2.33. The Morgan fingerprint density at radius 3 is 2.23 bits per heavy atom. The van der Waals surface area contributed by atoms with Gasteiger partial charge in [-0.05, 0) is 64.7 Å². The summed E-state index contributed by atoms with van der Waals surface area (Å²) in [6.45, 7) is 3.36. The summed E-state index contributed by atoms with van der Waals surface area (Å²) in [5.41, 5.74) is 2.87. The van der Waals surface area contributed by atoms with Crippen LogP contribution in [0.3, 0.4) is 0 Å². The quantitative estimate of drug-likeness (QED) is 0.0744. The number of hydrogen-bond donors (Lipinski definition) is 0. The van der Waals surface area contributed by atoms with Crippen molar-refractivity contribution in [3.63, 3.8) is 0 Å². The first-order valence-electron chi connectivity index (χ1n) is 17.3. The van der Waals surface area contributed by atoms with E-state index in [1.165, 1.54) is 53.3 Å². The number of rotatable bonds is 15. The molecular weight excluding hydrogens is 690 g/mol. The highest BCUT2D eigenvalue weighted by Crippen LogP contribution is 2.29. The number of nitrogens with zero attached hydrogens (tertiary/aromatic N) is 3. The second kappa shape index (κ2) is 18.5. The normalized spacial score (nSPS) is 13.9. The van der Waals surface area contributed by atoms with E-state index in [0.717, 1.165) is 42.0 Å². The van der Waals surface area contributed by atoms with Crippen molar-refractivity contribution in [1.82, 2.24) is 9.80 Å². The van der Waals surface area contributed by atoms with Gasteiger partial charge in [-0.2, -0.15) is 13.2 Å². The second-order valence-corrected chi connectivity index (χ2v) is 12.7. The maximum absolute atomic E-state index is 14.3. The van der Waals surface area contributed by atoms with E-state index in [9.17, 15) is 27.2 Å². The van der Waals surface area contributed by atoms with Crippen LogP contribution in [0, 0.1) is 5.82 Å². The van der Waals surface area contributed by atoms with Crippen LogP contribution in [-0.2, 0) is 44.8 Å². The van der Waals surface area contributed by atoms with E-state index in [2.05, 4.69) is 4.90 Å². The zero-order chi connectivity index (χ0) is 37.8. The van der Waals surface area contributed by atoms with Crippen LogP contribution in [0.25, 0.3) is 6.08 Å². The van der Waals surface area contributed by atoms with Crippen LogP contribution < -0.4 is 9.64 Å². The fourth-order valence-electron chi connectivity index (χ4n) is 5.94. The number of morpholine rings is 1. The maximum atomic E-state index is 14.3. The van der Waals surface area contributed by atoms with Crippen molar-refractivity contribution in [3.8, 4) is 5.75 Å². The van der Waals surface area contributed by atoms with Gasteiger partial charge in [0.05, 0.1) is 39.1 Å². The molecule has 2 amide bonds. The van der Waals surface area contributed by atoms with E-state index >= 15 is 0 Å². The topological polar surface area (TPSA) is 71.6 Å². The third kappa shape index (κ3) is 11.1. The minimum Gasteiger partial charge on any atom is -0.494 e. The second-order valence-electron chi connectivity index (χ2n) is 12.7. The van der Waals surface area contributed by atoms with Crippen molar-refractivity contribution in [2.45, 2.75) is 31.8 Å². The molecule has 280 valence electrons. The van der Waals surface area contributed by atoms with Gasteiger partial charge in [0.25, 0.3) is 0 Å². The molecule has 12 heteroatoms. The molecule has 0 N–H and O–H groups in total. The summed E-state index contributed by atoms with van der Waals surface area (Å²) in [6.07, 6.45) is -1.54.